The van der Waals surface area contributed by atoms with Gasteiger partial charge in [-0.25, -0.2) is 14.6 Å². The first-order valence-corrected chi connectivity index (χ1v) is 9.04. The Bertz CT molecular complexity index is 1110. The lowest BCUT2D eigenvalue weighted by atomic mass is 10.1. The van der Waals surface area contributed by atoms with Crippen molar-refractivity contribution in [1.82, 2.24) is 19.7 Å². The van der Waals surface area contributed by atoms with E-state index in [9.17, 15) is 4.79 Å². The molecule has 0 bridgehead atoms. The Morgan fingerprint density at radius 2 is 2.04 bits per heavy atom. The number of hydrogen-bond donors (Lipinski definition) is 2. The summed E-state index contributed by atoms with van der Waals surface area (Å²) in [5.74, 6) is 0.668. The summed E-state index contributed by atoms with van der Waals surface area (Å²) in [6, 6.07) is 15.5. The van der Waals surface area contributed by atoms with Crippen LogP contribution in [-0.4, -0.2) is 32.2 Å². The number of fused-ring (bicyclic) bond motifs is 1. The lowest BCUT2D eigenvalue weighted by Gasteiger charge is -2.10. The number of carbonyl (C=O) groups excluding carboxylic acids is 1. The van der Waals surface area contributed by atoms with Crippen LogP contribution in [0.3, 0.4) is 0 Å². The van der Waals surface area contributed by atoms with Gasteiger partial charge in [0.1, 0.15) is 12.1 Å². The summed E-state index contributed by atoms with van der Waals surface area (Å²) >= 11 is 0. The smallest absolute Gasteiger partial charge is 0.226 e. The average molecular weight is 372 g/mol. The molecule has 2 aromatic heterocycles. The van der Waals surface area contributed by atoms with Gasteiger partial charge >= 0.3 is 0 Å². The number of hydrogen-bond acceptors (Lipinski definition) is 5. The lowest BCUT2D eigenvalue weighted by Crippen LogP contribution is -2.17. The monoisotopic (exact) mass is 372 g/mol. The van der Waals surface area contributed by atoms with Gasteiger partial charge in [-0.3, -0.25) is 4.79 Å². The van der Waals surface area contributed by atoms with Crippen LogP contribution in [0.25, 0.3) is 16.6 Å². The molecule has 0 radical (unpaired) electrons. The second kappa shape index (κ2) is 7.87. The highest BCUT2D eigenvalue weighted by Crippen LogP contribution is 2.20. The molecule has 140 valence electrons. The van der Waals surface area contributed by atoms with Gasteiger partial charge in [0, 0.05) is 36.4 Å². The molecule has 4 aromatic rings. The average Bonchev–Trinajstić information content (AvgIpc) is 3.23. The summed E-state index contributed by atoms with van der Waals surface area (Å²) in [4.78, 5) is 20.9. The van der Waals surface area contributed by atoms with Gasteiger partial charge in [-0.2, -0.15) is 5.10 Å². The predicted octanol–water partition coefficient (Wildman–Crippen LogP) is 3.56. The minimum Gasteiger partial charge on any atom is -0.369 e. The van der Waals surface area contributed by atoms with Crippen molar-refractivity contribution in [2.45, 2.75) is 13.3 Å². The molecule has 0 unspecified atom stereocenters. The van der Waals surface area contributed by atoms with Crippen LogP contribution in [0.4, 0.5) is 11.5 Å². The Labute approximate surface area is 162 Å². The van der Waals surface area contributed by atoms with Crippen molar-refractivity contribution < 1.29 is 4.79 Å². The summed E-state index contributed by atoms with van der Waals surface area (Å²) < 4.78 is 1.75. The van der Waals surface area contributed by atoms with Crippen LogP contribution in [0, 0.1) is 6.92 Å². The molecule has 0 saturated carbocycles. The van der Waals surface area contributed by atoms with Crippen LogP contribution in [0.5, 0.6) is 0 Å². The third-order valence-electron chi connectivity index (χ3n) is 4.33. The van der Waals surface area contributed by atoms with Crippen molar-refractivity contribution in [3.8, 4) is 5.69 Å². The second-order valence-corrected chi connectivity index (χ2v) is 6.47. The van der Waals surface area contributed by atoms with Crippen LogP contribution in [0.15, 0.2) is 67.3 Å². The maximum atomic E-state index is 12.3. The minimum atomic E-state index is -0.0698. The molecule has 0 spiro atoms. The van der Waals surface area contributed by atoms with Gasteiger partial charge in [-0.1, -0.05) is 17.7 Å². The van der Waals surface area contributed by atoms with E-state index in [0.717, 1.165) is 33.7 Å². The fraction of sp³-hybridized carbons (Fsp3) is 0.143. The number of carbonyl (C=O) groups is 1. The quantitative estimate of drug-likeness (QED) is 0.540. The normalized spacial score (nSPS) is 10.8. The number of aryl methyl sites for hydroxylation is 1. The van der Waals surface area contributed by atoms with Crippen molar-refractivity contribution >= 4 is 28.3 Å². The Balaban J connectivity index is 1.37. The summed E-state index contributed by atoms with van der Waals surface area (Å²) in [7, 11) is 0. The molecule has 0 aliphatic rings. The molecule has 2 heterocycles. The molecular weight excluding hydrogens is 352 g/mol. The van der Waals surface area contributed by atoms with E-state index in [1.807, 2.05) is 61.7 Å². The summed E-state index contributed by atoms with van der Waals surface area (Å²) in [5.41, 5.74) is 3.65. The van der Waals surface area contributed by atoms with Crippen LogP contribution in [-0.2, 0) is 4.79 Å². The van der Waals surface area contributed by atoms with Crippen LogP contribution in [0.1, 0.15) is 12.0 Å². The van der Waals surface area contributed by atoms with E-state index in [1.165, 1.54) is 6.33 Å². The summed E-state index contributed by atoms with van der Waals surface area (Å²) in [6.07, 6.45) is 5.43. The molecule has 0 atom stereocenters. The minimum absolute atomic E-state index is 0.0698. The predicted molar refractivity (Wildman–Crippen MR) is 110 cm³/mol. The van der Waals surface area contributed by atoms with Gasteiger partial charge in [0.25, 0.3) is 0 Å². The van der Waals surface area contributed by atoms with Crippen molar-refractivity contribution in [2.75, 3.05) is 17.2 Å². The van der Waals surface area contributed by atoms with E-state index >= 15 is 0 Å². The Morgan fingerprint density at radius 1 is 1.11 bits per heavy atom. The van der Waals surface area contributed by atoms with E-state index < -0.39 is 0 Å². The van der Waals surface area contributed by atoms with E-state index in [1.54, 1.807) is 10.9 Å². The molecule has 0 saturated heterocycles. The van der Waals surface area contributed by atoms with Gasteiger partial charge in [-0.15, -0.1) is 0 Å². The van der Waals surface area contributed by atoms with Gasteiger partial charge in [0.05, 0.1) is 11.2 Å². The Morgan fingerprint density at radius 3 is 2.89 bits per heavy atom. The third-order valence-corrected chi connectivity index (χ3v) is 4.33. The number of anilines is 2. The zero-order valence-electron chi connectivity index (χ0n) is 15.5. The van der Waals surface area contributed by atoms with E-state index in [2.05, 4.69) is 25.7 Å². The fourth-order valence-corrected chi connectivity index (χ4v) is 2.98. The zero-order valence-corrected chi connectivity index (χ0v) is 15.5. The van der Waals surface area contributed by atoms with E-state index in [4.69, 9.17) is 0 Å². The Kier molecular flexibility index (Phi) is 4.97. The van der Waals surface area contributed by atoms with Crippen molar-refractivity contribution in [3.63, 3.8) is 0 Å². The summed E-state index contributed by atoms with van der Waals surface area (Å²) in [5, 5.41) is 11.3. The van der Waals surface area contributed by atoms with Crippen LogP contribution < -0.4 is 10.6 Å². The molecular formula is C21H20N6O. The standard InChI is InChI=1S/C21H20N6O/c1-15-6-7-19-18(12-15)21(24-14-23-19)22-10-8-20(28)26-16-4-2-5-17(13-16)27-11-3-9-25-27/h2-7,9,11-14H,8,10H2,1H3,(H,26,28)(H,22,23,24). The highest BCUT2D eigenvalue weighted by atomic mass is 16.1. The molecule has 4 rings (SSSR count). The lowest BCUT2D eigenvalue weighted by molar-refractivity contribution is -0.115. The molecule has 28 heavy (non-hydrogen) atoms. The van der Waals surface area contributed by atoms with Crippen LogP contribution >= 0.6 is 0 Å². The molecule has 7 heteroatoms. The van der Waals surface area contributed by atoms with E-state index in [-0.39, 0.29) is 5.91 Å². The molecule has 0 fully saturated rings. The van der Waals surface area contributed by atoms with Gasteiger partial charge < -0.3 is 10.6 Å². The number of nitrogens with zero attached hydrogens (tertiary/aromatic N) is 4. The van der Waals surface area contributed by atoms with Crippen molar-refractivity contribution in [2.24, 2.45) is 0 Å². The molecule has 7 nitrogen and oxygen atoms in total. The number of aromatic nitrogens is 4. The first-order valence-electron chi connectivity index (χ1n) is 9.04. The van der Waals surface area contributed by atoms with Gasteiger partial charge in [-0.05, 0) is 43.3 Å². The largest absolute Gasteiger partial charge is 0.369 e. The second-order valence-electron chi connectivity index (χ2n) is 6.47. The number of benzene rings is 2. The molecule has 0 aliphatic heterocycles. The van der Waals surface area contributed by atoms with E-state index in [0.29, 0.717) is 13.0 Å². The fourth-order valence-electron chi connectivity index (χ4n) is 2.98. The van der Waals surface area contributed by atoms with Crippen molar-refractivity contribution in [1.29, 1.82) is 0 Å². The molecule has 2 N–H and O–H groups in total. The van der Waals surface area contributed by atoms with Gasteiger partial charge in [0.2, 0.25) is 5.91 Å². The molecule has 2 aromatic carbocycles. The third kappa shape index (κ3) is 3.98. The summed E-state index contributed by atoms with van der Waals surface area (Å²) in [6.45, 7) is 2.51. The first-order chi connectivity index (χ1) is 13.7. The van der Waals surface area contributed by atoms with Crippen LogP contribution in [0.2, 0.25) is 0 Å². The topological polar surface area (TPSA) is 84.7 Å². The molecule has 0 aliphatic carbocycles. The Hall–Kier alpha value is -3.74. The number of rotatable bonds is 6. The maximum absolute atomic E-state index is 12.3. The highest BCUT2D eigenvalue weighted by Gasteiger charge is 2.07. The molecule has 1 amide bonds. The van der Waals surface area contributed by atoms with Gasteiger partial charge in [0.15, 0.2) is 0 Å². The zero-order chi connectivity index (χ0) is 19.3. The maximum Gasteiger partial charge on any atom is 0.226 e. The first kappa shape index (κ1) is 17.7. The number of amides is 1. The SMILES string of the molecule is Cc1ccc2ncnc(NCCC(=O)Nc3cccc(-n4cccn4)c3)c2c1. The van der Waals surface area contributed by atoms with Crippen molar-refractivity contribution in [3.05, 3.63) is 72.8 Å². The highest BCUT2D eigenvalue weighted by molar-refractivity contribution is 5.92. The number of nitrogens with one attached hydrogen (secondary N) is 2.